The number of likely N-dealkylation sites (tertiary alicyclic amines) is 1. The molecule has 3 N–H and O–H groups in total. The van der Waals surface area contributed by atoms with E-state index < -0.39 is 5.41 Å². The quantitative estimate of drug-likeness (QED) is 0.285. The molecule has 0 aromatic heterocycles. The molecule has 164 valence electrons. The second kappa shape index (κ2) is 12.6. The van der Waals surface area contributed by atoms with Crippen molar-refractivity contribution < 1.29 is 4.79 Å². The lowest BCUT2D eigenvalue weighted by Crippen LogP contribution is -2.49. The molecule has 29 heavy (non-hydrogen) atoms. The lowest BCUT2D eigenvalue weighted by molar-refractivity contribution is -0.128. The lowest BCUT2D eigenvalue weighted by Gasteiger charge is -2.33. The van der Waals surface area contributed by atoms with Crippen LogP contribution in [0.3, 0.4) is 0 Å². The van der Waals surface area contributed by atoms with Gasteiger partial charge in [0.15, 0.2) is 5.96 Å². The van der Waals surface area contributed by atoms with Gasteiger partial charge in [-0.15, -0.1) is 24.0 Å². The van der Waals surface area contributed by atoms with Crippen LogP contribution in [0.5, 0.6) is 0 Å². The van der Waals surface area contributed by atoms with Crippen molar-refractivity contribution >= 4 is 47.4 Å². The molecule has 1 amide bonds. The number of nitrogens with one attached hydrogen (secondary N) is 3. The van der Waals surface area contributed by atoms with Crippen LogP contribution in [0, 0.1) is 5.41 Å². The first-order valence-corrected chi connectivity index (χ1v) is 10.5. The third kappa shape index (κ3) is 8.68. The van der Waals surface area contributed by atoms with E-state index in [1.807, 2.05) is 26.0 Å². The molecule has 6 nitrogen and oxygen atoms in total. The summed E-state index contributed by atoms with van der Waals surface area (Å²) in [5.41, 5.74) is 0.765. The molecule has 0 bridgehead atoms. The molecule has 0 saturated carbocycles. The van der Waals surface area contributed by atoms with Crippen LogP contribution in [0.15, 0.2) is 29.3 Å². The molecule has 0 atom stereocenters. The number of carbonyl (C=O) groups excluding carboxylic acids is 1. The molecule has 0 spiro atoms. The van der Waals surface area contributed by atoms with Gasteiger partial charge in [0.05, 0.1) is 12.0 Å². The third-order valence-corrected chi connectivity index (χ3v) is 5.32. The van der Waals surface area contributed by atoms with Crippen LogP contribution in [0.4, 0.5) is 0 Å². The van der Waals surface area contributed by atoms with Crippen LogP contribution in [-0.4, -0.2) is 56.0 Å². The highest BCUT2D eigenvalue weighted by Crippen LogP contribution is 2.17. The number of rotatable bonds is 7. The van der Waals surface area contributed by atoms with E-state index >= 15 is 0 Å². The Bertz CT molecular complexity index is 658. The second-order valence-electron chi connectivity index (χ2n) is 7.98. The Morgan fingerprint density at radius 2 is 1.86 bits per heavy atom. The Hall–Kier alpha value is -1.06. The van der Waals surface area contributed by atoms with Crippen LogP contribution in [-0.2, 0) is 11.3 Å². The van der Waals surface area contributed by atoms with Gasteiger partial charge in [-0.05, 0) is 51.3 Å². The maximum Gasteiger partial charge on any atom is 0.227 e. The Labute approximate surface area is 197 Å². The molecule has 1 saturated heterocycles. The molecule has 1 aliphatic heterocycles. The molecule has 0 unspecified atom stereocenters. The van der Waals surface area contributed by atoms with Crippen molar-refractivity contribution in [3.63, 3.8) is 0 Å². The van der Waals surface area contributed by atoms with Gasteiger partial charge in [-0.25, -0.2) is 0 Å². The fourth-order valence-electron chi connectivity index (χ4n) is 3.28. The second-order valence-corrected chi connectivity index (χ2v) is 8.42. The Morgan fingerprint density at radius 3 is 2.41 bits per heavy atom. The standard InChI is InChI=1S/C21H34ClN5O.HI/c1-5-24-20(25-15-21(2,3)19(28)23-4)26-18-10-12-27(13-11-18)14-16-6-8-17(22)9-7-16;/h6-9,18H,5,10-15H2,1-4H3,(H,23,28)(H2,24,25,26);1H. The minimum atomic E-state index is -0.529. The molecular weight excluding hydrogens is 501 g/mol. The topological polar surface area (TPSA) is 68.8 Å². The van der Waals surface area contributed by atoms with Gasteiger partial charge in [0.25, 0.3) is 0 Å². The van der Waals surface area contributed by atoms with E-state index in [1.165, 1.54) is 5.56 Å². The molecule has 1 aliphatic rings. The van der Waals surface area contributed by atoms with E-state index in [4.69, 9.17) is 11.6 Å². The molecular formula is C21H35ClIN5O. The average molecular weight is 536 g/mol. The summed E-state index contributed by atoms with van der Waals surface area (Å²) < 4.78 is 0. The summed E-state index contributed by atoms with van der Waals surface area (Å²) in [4.78, 5) is 19.1. The van der Waals surface area contributed by atoms with Gasteiger partial charge in [0.2, 0.25) is 5.91 Å². The van der Waals surface area contributed by atoms with Gasteiger partial charge in [0, 0.05) is 44.3 Å². The maximum atomic E-state index is 12.0. The van der Waals surface area contributed by atoms with Gasteiger partial charge in [-0.2, -0.15) is 0 Å². The first kappa shape index (κ1) is 26.0. The van der Waals surface area contributed by atoms with Gasteiger partial charge in [0.1, 0.15) is 0 Å². The van der Waals surface area contributed by atoms with Gasteiger partial charge < -0.3 is 16.0 Å². The number of halogens is 2. The van der Waals surface area contributed by atoms with E-state index in [-0.39, 0.29) is 29.9 Å². The van der Waals surface area contributed by atoms with E-state index in [0.29, 0.717) is 12.6 Å². The zero-order chi connectivity index (χ0) is 20.6. The number of benzene rings is 1. The first-order chi connectivity index (χ1) is 13.3. The molecule has 1 aromatic rings. The number of nitrogens with zero attached hydrogens (tertiary/aromatic N) is 2. The maximum absolute atomic E-state index is 12.0. The third-order valence-electron chi connectivity index (χ3n) is 5.07. The number of aliphatic imine (C=N–C) groups is 1. The fraction of sp³-hybridized carbons (Fsp3) is 0.619. The number of amides is 1. The monoisotopic (exact) mass is 535 g/mol. The largest absolute Gasteiger partial charge is 0.359 e. The summed E-state index contributed by atoms with van der Waals surface area (Å²) in [5, 5.41) is 10.3. The van der Waals surface area contributed by atoms with Crippen LogP contribution in [0.2, 0.25) is 5.02 Å². The van der Waals surface area contributed by atoms with E-state index in [2.05, 4.69) is 44.9 Å². The van der Waals surface area contributed by atoms with Crippen molar-refractivity contribution in [3.8, 4) is 0 Å². The summed E-state index contributed by atoms with van der Waals surface area (Å²) in [6.07, 6.45) is 2.13. The minimum Gasteiger partial charge on any atom is -0.359 e. The van der Waals surface area contributed by atoms with E-state index in [0.717, 1.165) is 50.0 Å². The lowest BCUT2D eigenvalue weighted by atomic mass is 9.93. The van der Waals surface area contributed by atoms with Crippen LogP contribution < -0.4 is 16.0 Å². The van der Waals surface area contributed by atoms with Crippen LogP contribution in [0.1, 0.15) is 39.2 Å². The number of hydrogen-bond acceptors (Lipinski definition) is 3. The number of guanidine groups is 1. The van der Waals surface area contributed by atoms with Crippen molar-refractivity contribution in [1.29, 1.82) is 0 Å². The van der Waals surface area contributed by atoms with E-state index in [9.17, 15) is 4.79 Å². The van der Waals surface area contributed by atoms with Crippen LogP contribution in [0.25, 0.3) is 0 Å². The highest BCUT2D eigenvalue weighted by atomic mass is 127. The molecule has 1 aromatic carbocycles. The Balaban J connectivity index is 0.00000420. The SMILES string of the molecule is CCNC(=NCC(C)(C)C(=O)NC)NC1CCN(Cc2ccc(Cl)cc2)CC1.I. The van der Waals surface area contributed by atoms with Crippen molar-refractivity contribution in [2.45, 2.75) is 46.2 Å². The molecule has 2 rings (SSSR count). The zero-order valence-corrected chi connectivity index (χ0v) is 21.0. The zero-order valence-electron chi connectivity index (χ0n) is 17.9. The highest BCUT2D eigenvalue weighted by molar-refractivity contribution is 14.0. The normalized spacial score (nSPS) is 16.1. The molecule has 1 heterocycles. The first-order valence-electron chi connectivity index (χ1n) is 10.1. The number of hydrogen-bond donors (Lipinski definition) is 3. The summed E-state index contributed by atoms with van der Waals surface area (Å²) in [5.74, 6) is 0.790. The van der Waals surface area contributed by atoms with Crippen molar-refractivity contribution in [1.82, 2.24) is 20.9 Å². The molecule has 0 aliphatic carbocycles. The summed E-state index contributed by atoms with van der Waals surface area (Å²) in [6.45, 7) is 10.2. The van der Waals surface area contributed by atoms with Crippen LogP contribution >= 0.6 is 35.6 Å². The predicted molar refractivity (Wildman–Crippen MR) is 132 cm³/mol. The van der Waals surface area contributed by atoms with Crippen molar-refractivity contribution in [2.24, 2.45) is 10.4 Å². The minimum absolute atomic E-state index is 0. The Kier molecular flexibility index (Phi) is 11.3. The highest BCUT2D eigenvalue weighted by Gasteiger charge is 2.27. The number of piperidine rings is 1. The van der Waals surface area contributed by atoms with Crippen molar-refractivity contribution in [3.05, 3.63) is 34.9 Å². The fourth-order valence-corrected chi connectivity index (χ4v) is 3.41. The average Bonchev–Trinajstić information content (AvgIpc) is 2.69. The van der Waals surface area contributed by atoms with Gasteiger partial charge >= 0.3 is 0 Å². The van der Waals surface area contributed by atoms with Crippen molar-refractivity contribution in [2.75, 3.05) is 33.2 Å². The number of carbonyl (C=O) groups is 1. The Morgan fingerprint density at radius 1 is 1.24 bits per heavy atom. The van der Waals surface area contributed by atoms with E-state index in [1.54, 1.807) is 7.05 Å². The molecule has 8 heteroatoms. The summed E-state index contributed by atoms with van der Waals surface area (Å²) >= 11 is 5.97. The molecule has 0 radical (unpaired) electrons. The summed E-state index contributed by atoms with van der Waals surface area (Å²) in [6, 6.07) is 8.48. The van der Waals surface area contributed by atoms with Gasteiger partial charge in [-0.3, -0.25) is 14.7 Å². The smallest absolute Gasteiger partial charge is 0.227 e. The predicted octanol–water partition coefficient (Wildman–Crippen LogP) is 3.25. The molecule has 1 fully saturated rings. The van der Waals surface area contributed by atoms with Gasteiger partial charge in [-0.1, -0.05) is 23.7 Å². The summed E-state index contributed by atoms with van der Waals surface area (Å²) in [7, 11) is 1.66.